The van der Waals surface area contributed by atoms with Crippen LogP contribution in [0.4, 0.5) is 16.0 Å². The van der Waals surface area contributed by atoms with Crippen LogP contribution in [0.15, 0.2) is 59.8 Å². The maximum atomic E-state index is 13.4. The van der Waals surface area contributed by atoms with Crippen LogP contribution in [0.2, 0.25) is 18.1 Å². The molecule has 0 fully saturated rings. The number of pyridine rings is 2. The Morgan fingerprint density at radius 3 is 2.44 bits per heavy atom. The molecule has 0 saturated carbocycles. The smallest absolute Gasteiger partial charge is 0.191 e. The van der Waals surface area contributed by atoms with Gasteiger partial charge in [-0.1, -0.05) is 27.7 Å². The second-order valence-corrected chi connectivity index (χ2v) is 16.4. The molecular formula is C27H33FN4O2SSi. The van der Waals surface area contributed by atoms with Crippen molar-refractivity contribution in [2.24, 2.45) is 0 Å². The normalized spacial score (nSPS) is 12.6. The van der Waals surface area contributed by atoms with E-state index in [1.54, 1.807) is 42.2 Å². The Labute approximate surface area is 218 Å². The van der Waals surface area contributed by atoms with Crippen LogP contribution in [0.25, 0.3) is 0 Å². The quantitative estimate of drug-likeness (QED) is 0.213. The summed E-state index contributed by atoms with van der Waals surface area (Å²) in [5, 5.41) is 12.6. The highest BCUT2D eigenvalue weighted by atomic mass is 32.2. The van der Waals surface area contributed by atoms with Crippen molar-refractivity contribution in [1.29, 1.82) is 5.26 Å². The highest BCUT2D eigenvalue weighted by Crippen LogP contribution is 2.38. The largest absolute Gasteiger partial charge is 0.453 e. The third-order valence-electron chi connectivity index (χ3n) is 6.14. The number of halogens is 1. The van der Waals surface area contributed by atoms with Gasteiger partial charge in [0.2, 0.25) is 0 Å². The van der Waals surface area contributed by atoms with Crippen LogP contribution in [0.3, 0.4) is 0 Å². The zero-order valence-corrected chi connectivity index (χ0v) is 23.4. The molecule has 2 heterocycles. The zero-order chi connectivity index (χ0) is 26.3. The van der Waals surface area contributed by atoms with Crippen molar-refractivity contribution in [3.8, 4) is 17.6 Å². The molecule has 0 aliphatic heterocycles. The molecule has 1 unspecified atom stereocenters. The lowest BCUT2D eigenvalue weighted by Crippen LogP contribution is -2.41. The molecule has 0 bridgehead atoms. The molecule has 9 heteroatoms. The first-order valence-electron chi connectivity index (χ1n) is 11.8. The standard InChI is InChI=1S/C27H33FN4O2SSi/c1-19(13-14-33-36(5,6)27(2,3)4)35-23-15-24(34-22-10-8-21(28)9-11-22)26(31-18-23)32-25-12-7-20(16-29)17-30-25/h7-12,15,17-19H,13-14H2,1-6H3,(H,30,31,32). The van der Waals surface area contributed by atoms with Crippen molar-refractivity contribution in [1.82, 2.24) is 9.97 Å². The first-order valence-corrected chi connectivity index (χ1v) is 15.6. The van der Waals surface area contributed by atoms with Crippen LogP contribution in [0, 0.1) is 17.1 Å². The molecule has 3 rings (SSSR count). The van der Waals surface area contributed by atoms with E-state index >= 15 is 0 Å². The van der Waals surface area contributed by atoms with E-state index in [1.807, 2.05) is 6.07 Å². The van der Waals surface area contributed by atoms with Gasteiger partial charge in [0, 0.05) is 29.1 Å². The molecule has 0 spiro atoms. The number of aromatic nitrogens is 2. The van der Waals surface area contributed by atoms with Gasteiger partial charge >= 0.3 is 0 Å². The van der Waals surface area contributed by atoms with Crippen LogP contribution < -0.4 is 10.1 Å². The van der Waals surface area contributed by atoms with E-state index < -0.39 is 8.32 Å². The average molecular weight is 525 g/mol. The van der Waals surface area contributed by atoms with Crippen LogP contribution in [-0.4, -0.2) is 30.1 Å². The maximum Gasteiger partial charge on any atom is 0.191 e. The molecule has 0 radical (unpaired) electrons. The van der Waals surface area contributed by atoms with Crippen molar-refractivity contribution in [3.05, 3.63) is 66.2 Å². The van der Waals surface area contributed by atoms with Crippen molar-refractivity contribution >= 4 is 31.7 Å². The monoisotopic (exact) mass is 524 g/mol. The van der Waals surface area contributed by atoms with E-state index in [0.29, 0.717) is 33.9 Å². The van der Waals surface area contributed by atoms with Crippen molar-refractivity contribution in [2.75, 3.05) is 11.9 Å². The summed E-state index contributed by atoms with van der Waals surface area (Å²) in [6.07, 6.45) is 4.19. The fourth-order valence-corrected chi connectivity index (χ4v) is 4.96. The summed E-state index contributed by atoms with van der Waals surface area (Å²) in [5.74, 6) is 1.64. The summed E-state index contributed by atoms with van der Waals surface area (Å²) in [5.41, 5.74) is 0.467. The third-order valence-corrected chi connectivity index (χ3v) is 11.8. The molecule has 0 aliphatic carbocycles. The van der Waals surface area contributed by atoms with Crippen LogP contribution in [0.1, 0.15) is 39.7 Å². The van der Waals surface area contributed by atoms with Crippen molar-refractivity contribution in [3.63, 3.8) is 0 Å². The number of nitriles is 1. The van der Waals surface area contributed by atoms with Gasteiger partial charge in [0.1, 0.15) is 23.5 Å². The number of nitrogens with one attached hydrogen (secondary N) is 1. The van der Waals surface area contributed by atoms with Gasteiger partial charge in [-0.25, -0.2) is 14.4 Å². The van der Waals surface area contributed by atoms with Crippen LogP contribution >= 0.6 is 11.8 Å². The molecule has 36 heavy (non-hydrogen) atoms. The van der Waals surface area contributed by atoms with Gasteiger partial charge in [-0.05, 0) is 67.0 Å². The summed E-state index contributed by atoms with van der Waals surface area (Å²) < 4.78 is 25.8. The van der Waals surface area contributed by atoms with E-state index in [2.05, 4.69) is 62.1 Å². The lowest BCUT2D eigenvalue weighted by atomic mass is 10.2. The highest BCUT2D eigenvalue weighted by molar-refractivity contribution is 7.99. The van der Waals surface area contributed by atoms with E-state index in [0.717, 1.165) is 17.9 Å². The Morgan fingerprint density at radius 1 is 1.11 bits per heavy atom. The summed E-state index contributed by atoms with van der Waals surface area (Å²) in [4.78, 5) is 9.78. The first-order chi connectivity index (χ1) is 17.0. The number of ether oxygens (including phenoxy) is 1. The predicted octanol–water partition coefficient (Wildman–Crippen LogP) is 7.92. The second kappa shape index (κ2) is 11.9. The number of rotatable bonds is 10. The van der Waals surface area contributed by atoms with Gasteiger partial charge in [0.25, 0.3) is 0 Å². The van der Waals surface area contributed by atoms with Crippen LogP contribution in [0.5, 0.6) is 11.5 Å². The lowest BCUT2D eigenvalue weighted by Gasteiger charge is -2.36. The molecule has 190 valence electrons. The molecule has 1 atom stereocenters. The maximum absolute atomic E-state index is 13.4. The minimum atomic E-state index is -1.77. The van der Waals surface area contributed by atoms with Gasteiger partial charge in [0.15, 0.2) is 19.9 Å². The van der Waals surface area contributed by atoms with E-state index in [1.165, 1.54) is 18.3 Å². The Hall–Kier alpha value is -2.93. The van der Waals surface area contributed by atoms with Gasteiger partial charge < -0.3 is 14.5 Å². The van der Waals surface area contributed by atoms with E-state index in [9.17, 15) is 4.39 Å². The Bertz CT molecular complexity index is 1190. The SMILES string of the molecule is CC(CCO[Si](C)(C)C(C)(C)C)Sc1cnc(Nc2ccc(C#N)cn2)c(Oc2ccc(F)cc2)c1. The number of benzene rings is 1. The van der Waals surface area contributed by atoms with E-state index in [4.69, 9.17) is 14.4 Å². The molecule has 6 nitrogen and oxygen atoms in total. The average Bonchev–Trinajstić information content (AvgIpc) is 2.82. The molecule has 0 amide bonds. The summed E-state index contributed by atoms with van der Waals surface area (Å²) in [6, 6.07) is 13.2. The Balaban J connectivity index is 1.74. The Kier molecular flexibility index (Phi) is 9.12. The summed E-state index contributed by atoms with van der Waals surface area (Å²) in [6.45, 7) is 14.2. The van der Waals surface area contributed by atoms with Gasteiger partial charge in [-0.3, -0.25) is 0 Å². The minimum Gasteiger partial charge on any atom is -0.453 e. The predicted molar refractivity (Wildman–Crippen MR) is 146 cm³/mol. The fourth-order valence-electron chi connectivity index (χ4n) is 2.94. The fraction of sp³-hybridized carbons (Fsp3) is 0.370. The summed E-state index contributed by atoms with van der Waals surface area (Å²) in [7, 11) is -1.77. The number of thioether (sulfide) groups is 1. The molecule has 0 saturated heterocycles. The number of hydrogen-bond acceptors (Lipinski definition) is 7. The first kappa shape index (κ1) is 27.7. The highest BCUT2D eigenvalue weighted by Gasteiger charge is 2.36. The molecule has 1 aromatic carbocycles. The van der Waals surface area contributed by atoms with E-state index in [-0.39, 0.29) is 10.9 Å². The second-order valence-electron chi connectivity index (χ2n) is 10.1. The minimum absolute atomic E-state index is 0.187. The van der Waals surface area contributed by atoms with Crippen LogP contribution in [-0.2, 0) is 4.43 Å². The number of nitrogens with zero attached hydrogens (tertiary/aromatic N) is 3. The van der Waals surface area contributed by atoms with Gasteiger partial charge in [-0.2, -0.15) is 5.26 Å². The van der Waals surface area contributed by atoms with Gasteiger partial charge in [-0.15, -0.1) is 11.8 Å². The Morgan fingerprint density at radius 2 is 1.83 bits per heavy atom. The zero-order valence-electron chi connectivity index (χ0n) is 21.6. The topological polar surface area (TPSA) is 80.1 Å². The molecule has 1 N–H and O–H groups in total. The molecule has 3 aromatic rings. The van der Waals surface area contributed by atoms with Crippen molar-refractivity contribution < 1.29 is 13.6 Å². The van der Waals surface area contributed by atoms with Gasteiger partial charge in [0.05, 0.1) is 5.56 Å². The number of anilines is 2. The molecular weight excluding hydrogens is 491 g/mol. The van der Waals surface area contributed by atoms with Crippen molar-refractivity contribution in [2.45, 2.75) is 62.4 Å². The molecule has 2 aromatic heterocycles. The number of hydrogen-bond donors (Lipinski definition) is 1. The third kappa shape index (κ3) is 7.78. The molecule has 0 aliphatic rings. The summed E-state index contributed by atoms with van der Waals surface area (Å²) >= 11 is 1.70. The lowest BCUT2D eigenvalue weighted by molar-refractivity contribution is 0.283.